The van der Waals surface area contributed by atoms with Crippen molar-refractivity contribution in [2.75, 3.05) is 32.9 Å². The lowest BCUT2D eigenvalue weighted by Gasteiger charge is -2.24. The number of amides is 1. The van der Waals surface area contributed by atoms with Gasteiger partial charge in [-0.05, 0) is 45.3 Å². The van der Waals surface area contributed by atoms with E-state index in [4.69, 9.17) is 0 Å². The molecule has 9 heteroatoms. The van der Waals surface area contributed by atoms with Crippen molar-refractivity contribution < 1.29 is 17.6 Å². The number of H-pyrrole nitrogens is 1. The molecule has 0 spiro atoms. The highest BCUT2D eigenvalue weighted by Crippen LogP contribution is 2.36. The van der Waals surface area contributed by atoms with Gasteiger partial charge in [0.15, 0.2) is 9.84 Å². The van der Waals surface area contributed by atoms with Gasteiger partial charge in [-0.1, -0.05) is 0 Å². The Morgan fingerprint density at radius 3 is 2.57 bits per heavy atom. The highest BCUT2D eigenvalue weighted by atomic mass is 32.2. The fourth-order valence-corrected chi connectivity index (χ4v) is 6.77. The van der Waals surface area contributed by atoms with Crippen molar-refractivity contribution in [2.45, 2.75) is 18.2 Å². The number of carbonyl (C=O) groups is 1. The quantitative estimate of drug-likeness (QED) is 0.831. The number of hydrogen-bond acceptors (Lipinski definition) is 5. The zero-order valence-corrected chi connectivity index (χ0v) is 16.8. The molecule has 0 radical (unpaired) electrons. The molecule has 0 bridgehead atoms. The molecule has 2 saturated heterocycles. The lowest BCUT2D eigenvalue weighted by molar-refractivity contribution is 0.0773. The number of benzene rings is 1. The normalized spacial score (nSPS) is 26.0. The largest absolute Gasteiger partial charge is 0.341 e. The summed E-state index contributed by atoms with van der Waals surface area (Å²) in [4.78, 5) is 24.1. The maximum atomic E-state index is 13.1. The Morgan fingerprint density at radius 2 is 1.93 bits per heavy atom. The smallest absolute Gasteiger partial charge is 0.274 e. The van der Waals surface area contributed by atoms with Gasteiger partial charge in [-0.25, -0.2) is 17.8 Å². The number of rotatable bonds is 3. The number of imidazole rings is 1. The third kappa shape index (κ3) is 3.12. The molecule has 2 aliphatic heterocycles. The number of nitrogens with zero attached hydrogens (tertiary/aromatic N) is 3. The summed E-state index contributed by atoms with van der Waals surface area (Å²) in [6.07, 6.45) is 0. The van der Waals surface area contributed by atoms with Crippen LogP contribution in [-0.2, 0) is 9.84 Å². The fourth-order valence-electron chi connectivity index (χ4n) is 4.29. The van der Waals surface area contributed by atoms with E-state index in [0.717, 1.165) is 0 Å². The standard InChI is InChI=1S/C19H23FN4O3S/c1-11-17(22-18(21-11)12-4-6-13(20)7-5-12)19(25)24-8-14-15(23(2)3)10-28(26,27)16(14)9-24/h4-7,14-16H,8-10H2,1-3H3,(H,21,22)/t14-,15-,16-/m0/s1. The van der Waals surface area contributed by atoms with Crippen LogP contribution in [0.2, 0.25) is 0 Å². The van der Waals surface area contributed by atoms with Gasteiger partial charge in [-0.2, -0.15) is 0 Å². The zero-order valence-electron chi connectivity index (χ0n) is 16.0. The summed E-state index contributed by atoms with van der Waals surface area (Å²) in [5.41, 5.74) is 1.56. The van der Waals surface area contributed by atoms with Crippen LogP contribution < -0.4 is 0 Å². The first-order valence-electron chi connectivity index (χ1n) is 9.17. The van der Waals surface area contributed by atoms with Crippen LogP contribution in [0.5, 0.6) is 0 Å². The molecule has 2 fully saturated rings. The average molecular weight is 406 g/mol. The molecule has 0 aliphatic carbocycles. The van der Waals surface area contributed by atoms with Crippen molar-refractivity contribution >= 4 is 15.7 Å². The number of carbonyl (C=O) groups excluding carboxylic acids is 1. The van der Waals surface area contributed by atoms with Crippen molar-refractivity contribution in [2.24, 2.45) is 5.92 Å². The first kappa shape index (κ1) is 19.1. The number of likely N-dealkylation sites (tertiary alicyclic amines) is 1. The summed E-state index contributed by atoms with van der Waals surface area (Å²) < 4.78 is 38.2. The van der Waals surface area contributed by atoms with Crippen molar-refractivity contribution in [3.63, 3.8) is 0 Å². The summed E-state index contributed by atoms with van der Waals surface area (Å²) in [5, 5.41) is -0.514. The van der Waals surface area contributed by atoms with Crippen molar-refractivity contribution in [1.82, 2.24) is 19.8 Å². The van der Waals surface area contributed by atoms with Crippen LogP contribution in [0, 0.1) is 18.7 Å². The SMILES string of the molecule is Cc1[nH]c(-c2ccc(F)cc2)nc1C(=O)N1C[C@H]2[C@@H](N(C)C)CS(=O)(=O)[C@H]2C1. The number of halogens is 1. The Labute approximate surface area is 163 Å². The Balaban J connectivity index is 1.59. The van der Waals surface area contributed by atoms with E-state index in [1.54, 1.807) is 24.0 Å². The second kappa shape index (κ2) is 6.66. The van der Waals surface area contributed by atoms with Crippen LogP contribution >= 0.6 is 0 Å². The van der Waals surface area contributed by atoms with Gasteiger partial charge in [0.2, 0.25) is 0 Å². The van der Waals surface area contributed by atoms with Gasteiger partial charge >= 0.3 is 0 Å². The third-order valence-corrected chi connectivity index (χ3v) is 8.05. The molecule has 2 aliphatic rings. The number of aromatic amines is 1. The molecule has 4 rings (SSSR count). The van der Waals surface area contributed by atoms with E-state index in [2.05, 4.69) is 9.97 Å². The van der Waals surface area contributed by atoms with Crippen molar-refractivity contribution in [3.05, 3.63) is 41.5 Å². The summed E-state index contributed by atoms with van der Waals surface area (Å²) >= 11 is 0. The predicted molar refractivity (Wildman–Crippen MR) is 103 cm³/mol. The van der Waals surface area contributed by atoms with Gasteiger partial charge in [0.05, 0.1) is 11.0 Å². The molecule has 3 heterocycles. The molecule has 3 atom stereocenters. The van der Waals surface area contributed by atoms with Crippen molar-refractivity contribution in [1.29, 1.82) is 0 Å². The molecule has 1 N–H and O–H groups in total. The predicted octanol–water partition coefficient (Wildman–Crippen LogP) is 1.32. The summed E-state index contributed by atoms with van der Waals surface area (Å²) in [7, 11) is 0.532. The summed E-state index contributed by atoms with van der Waals surface area (Å²) in [5.74, 6) is -0.0698. The molecular weight excluding hydrogens is 383 g/mol. The molecule has 2 aromatic rings. The Hall–Kier alpha value is -2.26. The van der Waals surface area contributed by atoms with E-state index in [-0.39, 0.29) is 41.7 Å². The fraction of sp³-hybridized carbons (Fsp3) is 0.474. The Morgan fingerprint density at radius 1 is 1.25 bits per heavy atom. The minimum atomic E-state index is -3.22. The summed E-state index contributed by atoms with van der Waals surface area (Å²) in [6.45, 7) is 2.36. The zero-order chi connectivity index (χ0) is 20.2. The molecule has 0 unspecified atom stereocenters. The van der Waals surface area contributed by atoms with Gasteiger partial charge < -0.3 is 14.8 Å². The van der Waals surface area contributed by atoms with Crippen molar-refractivity contribution in [3.8, 4) is 11.4 Å². The number of fused-ring (bicyclic) bond motifs is 1. The maximum absolute atomic E-state index is 13.1. The molecule has 28 heavy (non-hydrogen) atoms. The number of aromatic nitrogens is 2. The molecule has 0 saturated carbocycles. The number of sulfone groups is 1. The van der Waals surface area contributed by atoms with Gasteiger partial charge in [0.25, 0.3) is 5.91 Å². The minimum absolute atomic E-state index is 0.0807. The molecule has 1 aromatic carbocycles. The van der Waals surface area contributed by atoms with Gasteiger partial charge in [-0.15, -0.1) is 0 Å². The Kier molecular flexibility index (Phi) is 4.54. The van der Waals surface area contributed by atoms with Crippen LogP contribution in [0.15, 0.2) is 24.3 Å². The molecule has 7 nitrogen and oxygen atoms in total. The number of aryl methyl sites for hydroxylation is 1. The van der Waals surface area contributed by atoms with E-state index in [1.807, 2.05) is 19.0 Å². The van der Waals surface area contributed by atoms with Gasteiger partial charge in [-0.3, -0.25) is 4.79 Å². The van der Waals surface area contributed by atoms with Crippen LogP contribution in [-0.4, -0.2) is 78.3 Å². The topological polar surface area (TPSA) is 86.4 Å². The van der Waals surface area contributed by atoms with E-state index in [0.29, 0.717) is 23.6 Å². The van der Waals surface area contributed by atoms with Crippen LogP contribution in [0.4, 0.5) is 4.39 Å². The number of nitrogens with one attached hydrogen (secondary N) is 1. The molecule has 1 amide bonds. The lowest BCUT2D eigenvalue weighted by Crippen LogP contribution is -2.38. The maximum Gasteiger partial charge on any atom is 0.274 e. The molecule has 1 aromatic heterocycles. The molecular formula is C19H23FN4O3S. The average Bonchev–Trinajstić information content (AvgIpc) is 3.29. The van der Waals surface area contributed by atoms with Crippen LogP contribution in [0.3, 0.4) is 0 Å². The van der Waals surface area contributed by atoms with E-state index >= 15 is 0 Å². The Bertz CT molecular complexity index is 1020. The second-order valence-electron chi connectivity index (χ2n) is 7.84. The number of hydrogen-bond donors (Lipinski definition) is 1. The van der Waals surface area contributed by atoms with E-state index < -0.39 is 15.1 Å². The van der Waals surface area contributed by atoms with Crippen LogP contribution in [0.1, 0.15) is 16.2 Å². The van der Waals surface area contributed by atoms with Gasteiger partial charge in [0.1, 0.15) is 17.3 Å². The van der Waals surface area contributed by atoms with E-state index in [9.17, 15) is 17.6 Å². The highest BCUT2D eigenvalue weighted by Gasteiger charge is 2.53. The monoisotopic (exact) mass is 406 g/mol. The highest BCUT2D eigenvalue weighted by molar-refractivity contribution is 7.92. The first-order chi connectivity index (χ1) is 13.2. The third-order valence-electron chi connectivity index (χ3n) is 5.82. The lowest BCUT2D eigenvalue weighted by atomic mass is 10.00. The minimum Gasteiger partial charge on any atom is -0.341 e. The molecule has 150 valence electrons. The first-order valence-corrected chi connectivity index (χ1v) is 10.9. The van der Waals surface area contributed by atoms with Crippen LogP contribution in [0.25, 0.3) is 11.4 Å². The van der Waals surface area contributed by atoms with E-state index in [1.165, 1.54) is 12.1 Å². The van der Waals surface area contributed by atoms with Gasteiger partial charge in [0, 0.05) is 36.3 Å². The second-order valence-corrected chi connectivity index (χ2v) is 10.1. The summed E-state index contributed by atoms with van der Waals surface area (Å²) in [6, 6.07) is 5.78.